The van der Waals surface area contributed by atoms with E-state index in [1.165, 1.54) is 0 Å². The number of hydrogen-bond donors (Lipinski definition) is 1. The minimum Gasteiger partial charge on any atom is -0.462 e. The van der Waals surface area contributed by atoms with Crippen molar-refractivity contribution >= 4 is 12.8 Å². The molecular formula is C18H32N2O3. The minimum absolute atomic E-state index is 0.207. The third-order valence-corrected chi connectivity index (χ3v) is 1.86. The molecule has 132 valence electrons. The second-order valence-corrected chi connectivity index (χ2v) is 5.03. The van der Waals surface area contributed by atoms with Gasteiger partial charge in [-0.15, -0.1) is 6.58 Å². The summed E-state index contributed by atoms with van der Waals surface area (Å²) >= 11 is 0. The van der Waals surface area contributed by atoms with Crippen LogP contribution in [0.2, 0.25) is 0 Å². The van der Waals surface area contributed by atoms with Gasteiger partial charge in [0.2, 0.25) is 0 Å². The van der Waals surface area contributed by atoms with Crippen molar-refractivity contribution in [3.05, 3.63) is 42.7 Å². The molecule has 0 aromatic carbocycles. The van der Waals surface area contributed by atoms with Gasteiger partial charge in [0.25, 0.3) is 6.47 Å². The summed E-state index contributed by atoms with van der Waals surface area (Å²) in [5, 5.41) is 0. The SMILES string of the molecule is C=CC.CC.CC(C)(C)OC=O.NC(CC=O)c1cccnc1. The maximum Gasteiger partial charge on any atom is 0.293 e. The zero-order chi connectivity index (χ0) is 18.7. The molecule has 0 fully saturated rings. The molecule has 5 nitrogen and oxygen atoms in total. The fraction of sp³-hybridized carbons (Fsp3) is 0.500. The highest BCUT2D eigenvalue weighted by molar-refractivity contribution is 5.51. The lowest BCUT2D eigenvalue weighted by atomic mass is 10.1. The molecule has 5 heteroatoms. The van der Waals surface area contributed by atoms with E-state index in [-0.39, 0.29) is 11.6 Å². The van der Waals surface area contributed by atoms with Crippen molar-refractivity contribution in [2.75, 3.05) is 0 Å². The molecule has 0 aliphatic carbocycles. The van der Waals surface area contributed by atoms with Crippen LogP contribution >= 0.6 is 0 Å². The van der Waals surface area contributed by atoms with Gasteiger partial charge in [0.05, 0.1) is 0 Å². The number of nitrogens with two attached hydrogens (primary N) is 1. The van der Waals surface area contributed by atoms with Gasteiger partial charge < -0.3 is 15.3 Å². The van der Waals surface area contributed by atoms with Crippen LogP contribution in [-0.2, 0) is 14.3 Å². The van der Waals surface area contributed by atoms with Gasteiger partial charge in [-0.05, 0) is 39.3 Å². The van der Waals surface area contributed by atoms with E-state index in [4.69, 9.17) is 5.73 Å². The number of aromatic nitrogens is 1. The summed E-state index contributed by atoms with van der Waals surface area (Å²) in [4.78, 5) is 23.6. The standard InChI is InChI=1S/C8H10N2O.C5H10O2.C3H6.C2H6/c9-8(3-5-11)7-2-1-4-10-6-7;1-5(2,3)7-4-6;1-3-2;1-2/h1-2,4-6,8H,3,9H2;4H,1-3H3;3H,1H2,2H3;1-2H3. The first-order valence-corrected chi connectivity index (χ1v) is 7.60. The topological polar surface area (TPSA) is 82.3 Å². The largest absolute Gasteiger partial charge is 0.462 e. The molecular weight excluding hydrogens is 292 g/mol. The van der Waals surface area contributed by atoms with Crippen molar-refractivity contribution in [3.8, 4) is 0 Å². The Morgan fingerprint density at radius 3 is 2.13 bits per heavy atom. The lowest BCUT2D eigenvalue weighted by Crippen LogP contribution is -2.17. The second kappa shape index (κ2) is 18.0. The highest BCUT2D eigenvalue weighted by atomic mass is 16.5. The molecule has 0 aliphatic rings. The van der Waals surface area contributed by atoms with Gasteiger partial charge in [-0.2, -0.15) is 0 Å². The Balaban J connectivity index is -0.000000288. The highest BCUT2D eigenvalue weighted by Gasteiger charge is 2.07. The fourth-order valence-corrected chi connectivity index (χ4v) is 0.979. The number of rotatable bonds is 4. The van der Waals surface area contributed by atoms with Crippen molar-refractivity contribution in [2.24, 2.45) is 5.73 Å². The first kappa shape index (κ1) is 25.9. The zero-order valence-corrected chi connectivity index (χ0v) is 15.3. The molecule has 0 spiro atoms. The molecule has 0 radical (unpaired) electrons. The van der Waals surface area contributed by atoms with Gasteiger partial charge in [0.1, 0.15) is 11.9 Å². The molecule has 0 aliphatic heterocycles. The lowest BCUT2D eigenvalue weighted by molar-refractivity contribution is -0.138. The summed E-state index contributed by atoms with van der Waals surface area (Å²) in [6.45, 7) is 15.2. The van der Waals surface area contributed by atoms with Gasteiger partial charge in [-0.3, -0.25) is 9.78 Å². The molecule has 1 aromatic rings. The van der Waals surface area contributed by atoms with E-state index in [9.17, 15) is 9.59 Å². The molecule has 1 heterocycles. The molecule has 2 N–H and O–H groups in total. The monoisotopic (exact) mass is 324 g/mol. The van der Waals surface area contributed by atoms with Crippen molar-refractivity contribution in [1.29, 1.82) is 0 Å². The normalized spacial score (nSPS) is 10.0. The Morgan fingerprint density at radius 1 is 1.35 bits per heavy atom. The Hall–Kier alpha value is -2.01. The number of allylic oxidation sites excluding steroid dienone is 1. The van der Waals surface area contributed by atoms with Crippen LogP contribution in [0.5, 0.6) is 0 Å². The Kier molecular flexibility index (Phi) is 20.3. The predicted molar refractivity (Wildman–Crippen MR) is 96.0 cm³/mol. The maximum absolute atomic E-state index is 10.1. The zero-order valence-electron chi connectivity index (χ0n) is 15.3. The average molecular weight is 324 g/mol. The van der Waals surface area contributed by atoms with Gasteiger partial charge in [-0.25, -0.2) is 0 Å². The number of nitrogens with zero attached hydrogens (tertiary/aromatic N) is 1. The number of pyridine rings is 1. The fourth-order valence-electron chi connectivity index (χ4n) is 0.979. The van der Waals surface area contributed by atoms with Crippen LogP contribution in [0.3, 0.4) is 0 Å². The predicted octanol–water partition coefficient (Wildman–Crippen LogP) is 3.85. The molecule has 23 heavy (non-hydrogen) atoms. The molecule has 0 bridgehead atoms. The summed E-state index contributed by atoms with van der Waals surface area (Å²) in [6.07, 6.45) is 6.27. The van der Waals surface area contributed by atoms with Gasteiger partial charge in [0, 0.05) is 24.9 Å². The van der Waals surface area contributed by atoms with Crippen LogP contribution in [0, 0.1) is 0 Å². The van der Waals surface area contributed by atoms with Crippen LogP contribution < -0.4 is 5.73 Å². The molecule has 0 saturated heterocycles. The van der Waals surface area contributed by atoms with Gasteiger partial charge in [-0.1, -0.05) is 26.0 Å². The number of carbonyl (C=O) groups is 2. The third kappa shape index (κ3) is 22.4. The molecule has 1 rings (SSSR count). The van der Waals surface area contributed by atoms with Crippen molar-refractivity contribution in [1.82, 2.24) is 4.98 Å². The third-order valence-electron chi connectivity index (χ3n) is 1.86. The summed E-state index contributed by atoms with van der Waals surface area (Å²) in [5.41, 5.74) is 6.22. The molecule has 0 amide bonds. The molecule has 0 saturated carbocycles. The summed E-state index contributed by atoms with van der Waals surface area (Å²) in [5.74, 6) is 0. The molecule has 1 aromatic heterocycles. The summed E-state index contributed by atoms with van der Waals surface area (Å²) in [6, 6.07) is 3.46. The van der Waals surface area contributed by atoms with Gasteiger partial charge >= 0.3 is 0 Å². The van der Waals surface area contributed by atoms with E-state index in [1.54, 1.807) is 24.5 Å². The van der Waals surface area contributed by atoms with Gasteiger partial charge in [0.15, 0.2) is 0 Å². The Morgan fingerprint density at radius 2 is 1.87 bits per heavy atom. The van der Waals surface area contributed by atoms with Crippen molar-refractivity contribution in [2.45, 2.75) is 59.6 Å². The van der Waals surface area contributed by atoms with E-state index in [2.05, 4.69) is 16.3 Å². The second-order valence-electron chi connectivity index (χ2n) is 5.03. The van der Waals surface area contributed by atoms with E-state index < -0.39 is 0 Å². The lowest BCUT2D eigenvalue weighted by Gasteiger charge is -2.14. The smallest absolute Gasteiger partial charge is 0.293 e. The first-order valence-electron chi connectivity index (χ1n) is 7.60. The van der Waals surface area contributed by atoms with E-state index >= 15 is 0 Å². The van der Waals surface area contributed by atoms with Crippen LogP contribution in [-0.4, -0.2) is 23.3 Å². The maximum atomic E-state index is 10.1. The molecule has 1 atom stereocenters. The van der Waals surface area contributed by atoms with E-state index in [1.807, 2.05) is 47.6 Å². The molecule has 1 unspecified atom stereocenters. The summed E-state index contributed by atoms with van der Waals surface area (Å²) in [7, 11) is 0. The van der Waals surface area contributed by atoms with Crippen LogP contribution in [0.15, 0.2) is 37.2 Å². The van der Waals surface area contributed by atoms with E-state index in [0.29, 0.717) is 12.9 Å². The minimum atomic E-state index is -0.318. The Labute approximate surface area is 140 Å². The van der Waals surface area contributed by atoms with Crippen LogP contribution in [0.1, 0.15) is 59.6 Å². The van der Waals surface area contributed by atoms with Crippen molar-refractivity contribution < 1.29 is 14.3 Å². The number of ether oxygens (including phenoxy) is 1. The Bertz CT molecular complexity index is 387. The number of aldehydes is 1. The number of hydrogen-bond acceptors (Lipinski definition) is 5. The number of carbonyl (C=O) groups excluding carboxylic acids is 2. The highest BCUT2D eigenvalue weighted by Crippen LogP contribution is 2.09. The van der Waals surface area contributed by atoms with E-state index in [0.717, 1.165) is 11.8 Å². The summed E-state index contributed by atoms with van der Waals surface area (Å²) < 4.78 is 4.55. The van der Waals surface area contributed by atoms with Crippen LogP contribution in [0.4, 0.5) is 0 Å². The quantitative estimate of drug-likeness (QED) is 0.672. The first-order chi connectivity index (χ1) is 10.8. The van der Waals surface area contributed by atoms with Crippen molar-refractivity contribution in [3.63, 3.8) is 0 Å². The average Bonchev–Trinajstić information content (AvgIpc) is 2.51. The van der Waals surface area contributed by atoms with Crippen LogP contribution in [0.25, 0.3) is 0 Å².